The summed E-state index contributed by atoms with van der Waals surface area (Å²) in [6.07, 6.45) is 2.79. The van der Waals surface area contributed by atoms with Crippen LogP contribution < -0.4 is 10.3 Å². The maximum atomic E-state index is 13.2. The third-order valence-electron chi connectivity index (χ3n) is 5.80. The largest absolute Gasteiger partial charge is 0.496 e. The second-order valence-electron chi connectivity index (χ2n) is 7.99. The number of carboxylic acid groups (broad SMARTS) is 1. The second kappa shape index (κ2) is 8.85. The van der Waals surface area contributed by atoms with Crippen LogP contribution in [-0.2, 0) is 17.1 Å². The maximum Gasteiger partial charge on any atom is 0.339 e. The Hall–Kier alpha value is -3.22. The van der Waals surface area contributed by atoms with Crippen LogP contribution in [0.25, 0.3) is 21.2 Å². The van der Waals surface area contributed by atoms with Crippen molar-refractivity contribution >= 4 is 43.3 Å². The van der Waals surface area contributed by atoms with Gasteiger partial charge >= 0.3 is 5.97 Å². The van der Waals surface area contributed by atoms with Gasteiger partial charge in [-0.1, -0.05) is 6.07 Å². The fourth-order valence-electron chi connectivity index (χ4n) is 3.98. The van der Waals surface area contributed by atoms with Gasteiger partial charge in [0.2, 0.25) is 10.0 Å². The summed E-state index contributed by atoms with van der Waals surface area (Å²) in [7, 11) is -0.323. The van der Waals surface area contributed by atoms with Crippen LogP contribution in [0, 0.1) is 0 Å². The number of aryl methyl sites for hydroxylation is 1. The average Bonchev–Trinajstić information content (AvgIpc) is 3.25. The van der Waals surface area contributed by atoms with E-state index in [0.29, 0.717) is 26.1 Å². The van der Waals surface area contributed by atoms with Gasteiger partial charge in [0, 0.05) is 49.7 Å². The minimum absolute atomic E-state index is 0.0163. The first-order chi connectivity index (χ1) is 16.0. The van der Waals surface area contributed by atoms with Gasteiger partial charge < -0.3 is 19.3 Å². The molecule has 2 aromatic heterocycles. The first-order valence-corrected chi connectivity index (χ1v) is 13.0. The van der Waals surface area contributed by atoms with Crippen LogP contribution >= 0.6 is 11.3 Å². The van der Waals surface area contributed by atoms with E-state index in [2.05, 4.69) is 0 Å². The number of amides is 1. The van der Waals surface area contributed by atoms with E-state index in [0.717, 1.165) is 6.26 Å². The normalized spacial score (nSPS) is 15.0. The predicted molar refractivity (Wildman–Crippen MR) is 128 cm³/mol. The van der Waals surface area contributed by atoms with Crippen LogP contribution in [-0.4, -0.2) is 78.7 Å². The number of carboxylic acids is 1. The summed E-state index contributed by atoms with van der Waals surface area (Å²) in [5.41, 5.74) is 1.07. The molecule has 3 aromatic rings. The Kier molecular flexibility index (Phi) is 6.23. The van der Waals surface area contributed by atoms with Crippen molar-refractivity contribution in [3.63, 3.8) is 0 Å². The molecule has 1 saturated heterocycles. The SMILES string of the molecule is COc1cc(-c2cn(C)c(=O)c3cc(C(=O)N4CCN(S(C)(=O)=O)CC4)sc23)ccc1C(=O)O. The number of benzene rings is 1. The number of sulfonamides is 1. The molecule has 0 unspecified atom stereocenters. The van der Waals surface area contributed by atoms with E-state index in [9.17, 15) is 27.9 Å². The van der Waals surface area contributed by atoms with E-state index in [1.165, 1.54) is 33.4 Å². The molecule has 34 heavy (non-hydrogen) atoms. The van der Waals surface area contributed by atoms with E-state index >= 15 is 0 Å². The highest BCUT2D eigenvalue weighted by Crippen LogP contribution is 2.36. The van der Waals surface area contributed by atoms with Gasteiger partial charge in [-0.25, -0.2) is 13.2 Å². The zero-order chi connectivity index (χ0) is 24.8. The number of hydrogen-bond donors (Lipinski definition) is 1. The standard InChI is InChI=1S/C22H23N3O7S2/c1-23-12-16(13-4-5-14(22(28)29)17(10-13)32-2)19-15(20(23)26)11-18(33-19)21(27)24-6-8-25(9-7-24)34(3,30)31/h4-5,10-12H,6-9H2,1-3H3,(H,28,29). The molecule has 0 saturated carbocycles. The van der Waals surface area contributed by atoms with E-state index in [1.54, 1.807) is 36.3 Å². The third kappa shape index (κ3) is 4.31. The van der Waals surface area contributed by atoms with Gasteiger partial charge in [-0.2, -0.15) is 4.31 Å². The second-order valence-corrected chi connectivity index (χ2v) is 11.0. The highest BCUT2D eigenvalue weighted by molar-refractivity contribution is 7.88. The van der Waals surface area contributed by atoms with Gasteiger partial charge in [-0.05, 0) is 23.8 Å². The zero-order valence-corrected chi connectivity index (χ0v) is 20.4. The summed E-state index contributed by atoms with van der Waals surface area (Å²) < 4.78 is 32.1. The van der Waals surface area contributed by atoms with Gasteiger partial charge in [-0.15, -0.1) is 11.3 Å². The fraction of sp³-hybridized carbons (Fsp3) is 0.318. The number of piperazine rings is 1. The number of rotatable bonds is 5. The summed E-state index contributed by atoms with van der Waals surface area (Å²) in [5.74, 6) is -1.20. The molecule has 0 radical (unpaired) electrons. The van der Waals surface area contributed by atoms with E-state index in [-0.39, 0.29) is 49.0 Å². The molecule has 0 atom stereocenters. The summed E-state index contributed by atoms with van der Waals surface area (Å²) in [5, 5.41) is 9.74. The number of thiophene rings is 1. The number of aromatic nitrogens is 1. The molecular formula is C22H23N3O7S2. The first-order valence-electron chi connectivity index (χ1n) is 10.3. The molecule has 180 valence electrons. The molecule has 1 aromatic carbocycles. The number of methoxy groups -OCH3 is 1. The Bertz CT molecular complexity index is 1470. The number of nitrogens with zero attached hydrogens (tertiary/aromatic N) is 3. The van der Waals surface area contributed by atoms with Gasteiger partial charge in [0.15, 0.2) is 0 Å². The molecular weight excluding hydrogens is 482 g/mol. The van der Waals surface area contributed by atoms with Crippen LogP contribution in [0.3, 0.4) is 0 Å². The lowest BCUT2D eigenvalue weighted by atomic mass is 10.0. The molecule has 1 aliphatic heterocycles. The Labute approximate surface area is 199 Å². The summed E-state index contributed by atoms with van der Waals surface area (Å²) >= 11 is 1.18. The summed E-state index contributed by atoms with van der Waals surface area (Å²) in [4.78, 5) is 39.4. The van der Waals surface area contributed by atoms with Crippen LogP contribution in [0.15, 0.2) is 35.3 Å². The molecule has 4 rings (SSSR count). The number of carbonyl (C=O) groups excluding carboxylic acids is 1. The van der Waals surface area contributed by atoms with Crippen molar-refractivity contribution in [2.24, 2.45) is 7.05 Å². The Morgan fingerprint density at radius 1 is 1.12 bits per heavy atom. The number of hydrogen-bond acceptors (Lipinski definition) is 7. The van der Waals surface area contributed by atoms with Crippen molar-refractivity contribution in [3.05, 3.63) is 51.3 Å². The first kappa shape index (κ1) is 23.9. The van der Waals surface area contributed by atoms with Gasteiger partial charge in [0.1, 0.15) is 11.3 Å². The van der Waals surface area contributed by atoms with E-state index in [4.69, 9.17) is 4.74 Å². The number of aromatic carboxylic acids is 1. The molecule has 0 spiro atoms. The molecule has 12 heteroatoms. The quantitative estimate of drug-likeness (QED) is 0.559. The molecule has 1 fully saturated rings. The van der Waals surface area contributed by atoms with E-state index in [1.807, 2.05) is 0 Å². The lowest BCUT2D eigenvalue weighted by molar-refractivity contribution is 0.0688. The molecule has 0 bridgehead atoms. The monoisotopic (exact) mass is 505 g/mol. The number of fused-ring (bicyclic) bond motifs is 1. The highest BCUT2D eigenvalue weighted by Gasteiger charge is 2.28. The molecule has 1 aliphatic rings. The molecule has 3 heterocycles. The number of carbonyl (C=O) groups is 2. The highest BCUT2D eigenvalue weighted by atomic mass is 32.2. The molecule has 10 nitrogen and oxygen atoms in total. The lowest BCUT2D eigenvalue weighted by Crippen LogP contribution is -2.50. The number of ether oxygens (including phenoxy) is 1. The predicted octanol–water partition coefficient (Wildman–Crippen LogP) is 1.69. The molecule has 1 amide bonds. The fourth-order valence-corrected chi connectivity index (χ4v) is 5.95. The van der Waals surface area contributed by atoms with Crippen LogP contribution in [0.2, 0.25) is 0 Å². The minimum atomic E-state index is -3.31. The third-order valence-corrected chi connectivity index (χ3v) is 8.26. The minimum Gasteiger partial charge on any atom is -0.496 e. The Morgan fingerprint density at radius 3 is 2.38 bits per heavy atom. The topological polar surface area (TPSA) is 126 Å². The molecule has 1 N–H and O–H groups in total. The zero-order valence-electron chi connectivity index (χ0n) is 18.8. The smallest absolute Gasteiger partial charge is 0.339 e. The van der Waals surface area contributed by atoms with Crippen LogP contribution in [0.1, 0.15) is 20.0 Å². The number of pyridine rings is 1. The Morgan fingerprint density at radius 2 is 1.79 bits per heavy atom. The Balaban J connectivity index is 1.74. The van der Waals surface area contributed by atoms with Crippen molar-refractivity contribution in [1.82, 2.24) is 13.8 Å². The maximum absolute atomic E-state index is 13.2. The molecule has 0 aliphatic carbocycles. The van der Waals surface area contributed by atoms with E-state index < -0.39 is 16.0 Å². The van der Waals surface area contributed by atoms with Gasteiger partial charge in [0.25, 0.3) is 11.5 Å². The lowest BCUT2D eigenvalue weighted by Gasteiger charge is -2.32. The van der Waals surface area contributed by atoms with Crippen LogP contribution in [0.5, 0.6) is 5.75 Å². The van der Waals surface area contributed by atoms with Crippen molar-refractivity contribution < 1.29 is 27.9 Å². The summed E-state index contributed by atoms with van der Waals surface area (Å²) in [6, 6.07) is 6.24. The average molecular weight is 506 g/mol. The van der Waals surface area contributed by atoms with Gasteiger partial charge in [-0.3, -0.25) is 9.59 Å². The van der Waals surface area contributed by atoms with Crippen LogP contribution in [0.4, 0.5) is 0 Å². The van der Waals surface area contributed by atoms with Crippen molar-refractivity contribution in [1.29, 1.82) is 0 Å². The van der Waals surface area contributed by atoms with Crippen molar-refractivity contribution in [3.8, 4) is 16.9 Å². The van der Waals surface area contributed by atoms with Crippen molar-refractivity contribution in [2.45, 2.75) is 0 Å². The summed E-state index contributed by atoms with van der Waals surface area (Å²) in [6.45, 7) is 0.966. The van der Waals surface area contributed by atoms with Crippen molar-refractivity contribution in [2.75, 3.05) is 39.5 Å². The van der Waals surface area contributed by atoms with Gasteiger partial charge in [0.05, 0.1) is 23.6 Å².